The van der Waals surface area contributed by atoms with Crippen LogP contribution in [0.25, 0.3) is 0 Å². The van der Waals surface area contributed by atoms with E-state index in [1.165, 1.54) is 6.08 Å². The van der Waals surface area contributed by atoms with Crippen LogP contribution in [0.4, 0.5) is 0 Å². The second-order valence-corrected chi connectivity index (χ2v) is 2.71. The Balaban J connectivity index is 3.31. The van der Waals surface area contributed by atoms with Crippen molar-refractivity contribution >= 4 is 12.0 Å². The van der Waals surface area contributed by atoms with E-state index < -0.39 is 5.97 Å². The van der Waals surface area contributed by atoms with E-state index in [0.29, 0.717) is 6.42 Å². The number of carboxylic acid groups (broad SMARTS) is 1. The molecule has 1 N–H and O–H groups in total. The minimum atomic E-state index is -0.776. The second kappa shape index (κ2) is 6.55. The SMILES string of the molecule is CC(CCCCC(=O)O)N=C=O. The number of unbranched alkanes of at least 4 members (excludes halogenated alkanes) is 1. The summed E-state index contributed by atoms with van der Waals surface area (Å²) in [5.41, 5.74) is 0. The molecule has 12 heavy (non-hydrogen) atoms. The summed E-state index contributed by atoms with van der Waals surface area (Å²) in [4.78, 5) is 23.3. The van der Waals surface area contributed by atoms with Gasteiger partial charge in [-0.05, 0) is 19.8 Å². The summed E-state index contributed by atoms with van der Waals surface area (Å²) in [5.74, 6) is -0.776. The lowest BCUT2D eigenvalue weighted by Gasteiger charge is -2.01. The molecule has 0 spiro atoms. The summed E-state index contributed by atoms with van der Waals surface area (Å²) in [6, 6.07) is -0.0312. The topological polar surface area (TPSA) is 66.7 Å². The summed E-state index contributed by atoms with van der Waals surface area (Å²) in [5, 5.41) is 8.30. The molecule has 0 saturated heterocycles. The Morgan fingerprint density at radius 3 is 2.75 bits per heavy atom. The quantitative estimate of drug-likeness (QED) is 0.372. The number of aliphatic carboxylic acids is 1. The Morgan fingerprint density at radius 1 is 1.58 bits per heavy atom. The van der Waals surface area contributed by atoms with Crippen molar-refractivity contribution in [1.29, 1.82) is 0 Å². The van der Waals surface area contributed by atoms with E-state index in [4.69, 9.17) is 5.11 Å². The maximum absolute atomic E-state index is 10.1. The molecule has 0 aliphatic rings. The molecule has 0 heterocycles. The predicted octanol–water partition coefficient (Wildman–Crippen LogP) is 1.36. The summed E-state index contributed by atoms with van der Waals surface area (Å²) in [6.45, 7) is 1.81. The number of rotatable bonds is 6. The molecule has 0 aliphatic carbocycles. The zero-order valence-corrected chi connectivity index (χ0v) is 7.12. The number of nitrogens with zero attached hydrogens (tertiary/aromatic N) is 1. The minimum absolute atomic E-state index is 0.0312. The van der Waals surface area contributed by atoms with Gasteiger partial charge >= 0.3 is 5.97 Å². The lowest BCUT2D eigenvalue weighted by Crippen LogP contribution is -1.99. The molecule has 0 saturated carbocycles. The van der Waals surface area contributed by atoms with E-state index in [1.807, 2.05) is 6.92 Å². The van der Waals surface area contributed by atoms with Crippen LogP contribution in [0.1, 0.15) is 32.6 Å². The Labute approximate surface area is 71.3 Å². The van der Waals surface area contributed by atoms with Crippen molar-refractivity contribution in [3.05, 3.63) is 0 Å². The van der Waals surface area contributed by atoms with Crippen LogP contribution in [0.2, 0.25) is 0 Å². The Bertz CT molecular complexity index is 185. The first-order chi connectivity index (χ1) is 5.66. The van der Waals surface area contributed by atoms with E-state index in [-0.39, 0.29) is 12.5 Å². The number of aliphatic imine (C=N–C) groups is 1. The van der Waals surface area contributed by atoms with Gasteiger partial charge in [-0.2, -0.15) is 0 Å². The maximum Gasteiger partial charge on any atom is 0.303 e. The summed E-state index contributed by atoms with van der Waals surface area (Å²) in [7, 11) is 0. The van der Waals surface area contributed by atoms with Gasteiger partial charge in [-0.3, -0.25) is 4.79 Å². The van der Waals surface area contributed by atoms with Crippen LogP contribution in [-0.2, 0) is 9.59 Å². The predicted molar refractivity (Wildman–Crippen MR) is 43.7 cm³/mol. The van der Waals surface area contributed by atoms with Crippen LogP contribution >= 0.6 is 0 Å². The van der Waals surface area contributed by atoms with Gasteiger partial charge in [0.15, 0.2) is 0 Å². The molecule has 4 heteroatoms. The van der Waals surface area contributed by atoms with E-state index in [2.05, 4.69) is 4.99 Å². The third kappa shape index (κ3) is 6.96. The van der Waals surface area contributed by atoms with Gasteiger partial charge in [0.2, 0.25) is 6.08 Å². The fourth-order valence-corrected chi connectivity index (χ4v) is 0.870. The van der Waals surface area contributed by atoms with Crippen LogP contribution in [0.15, 0.2) is 4.99 Å². The molecule has 0 bridgehead atoms. The van der Waals surface area contributed by atoms with Gasteiger partial charge in [0.05, 0.1) is 6.04 Å². The van der Waals surface area contributed by atoms with Crippen molar-refractivity contribution in [2.24, 2.45) is 4.99 Å². The van der Waals surface area contributed by atoms with E-state index in [1.54, 1.807) is 0 Å². The van der Waals surface area contributed by atoms with Gasteiger partial charge in [-0.25, -0.2) is 9.79 Å². The standard InChI is InChI=1S/C8H13NO3/c1-7(9-6-10)4-2-3-5-8(11)12/h7H,2-5H2,1H3,(H,11,12). The van der Waals surface area contributed by atoms with Crippen LogP contribution in [0.5, 0.6) is 0 Å². The van der Waals surface area contributed by atoms with Crippen LogP contribution in [0, 0.1) is 0 Å². The highest BCUT2D eigenvalue weighted by atomic mass is 16.4. The van der Waals surface area contributed by atoms with Gasteiger partial charge in [-0.15, -0.1) is 0 Å². The number of hydrogen-bond donors (Lipinski definition) is 1. The lowest BCUT2D eigenvalue weighted by atomic mass is 10.1. The Hall–Kier alpha value is -1.15. The number of hydrogen-bond acceptors (Lipinski definition) is 3. The van der Waals surface area contributed by atoms with Crippen molar-refractivity contribution in [2.45, 2.75) is 38.6 Å². The van der Waals surface area contributed by atoms with E-state index >= 15 is 0 Å². The van der Waals surface area contributed by atoms with Crippen LogP contribution < -0.4 is 0 Å². The minimum Gasteiger partial charge on any atom is -0.481 e. The van der Waals surface area contributed by atoms with E-state index in [0.717, 1.165) is 12.8 Å². The van der Waals surface area contributed by atoms with Crippen molar-refractivity contribution < 1.29 is 14.7 Å². The molecule has 0 fully saturated rings. The van der Waals surface area contributed by atoms with Gasteiger partial charge in [0.1, 0.15) is 0 Å². The van der Waals surface area contributed by atoms with Crippen LogP contribution in [-0.4, -0.2) is 23.2 Å². The van der Waals surface area contributed by atoms with Crippen LogP contribution in [0.3, 0.4) is 0 Å². The first kappa shape index (κ1) is 10.8. The zero-order valence-electron chi connectivity index (χ0n) is 7.12. The molecule has 68 valence electrons. The average Bonchev–Trinajstić information content (AvgIpc) is 1.98. The number of carbonyl (C=O) groups excluding carboxylic acids is 1. The summed E-state index contributed by atoms with van der Waals surface area (Å²) < 4.78 is 0. The van der Waals surface area contributed by atoms with Crippen molar-refractivity contribution in [2.75, 3.05) is 0 Å². The monoisotopic (exact) mass is 171 g/mol. The number of carbonyl (C=O) groups is 1. The summed E-state index contributed by atoms with van der Waals surface area (Å²) >= 11 is 0. The third-order valence-electron chi connectivity index (χ3n) is 1.54. The molecular weight excluding hydrogens is 158 g/mol. The highest BCUT2D eigenvalue weighted by molar-refractivity contribution is 5.66. The van der Waals surface area contributed by atoms with Crippen molar-refractivity contribution in [1.82, 2.24) is 0 Å². The Kier molecular flexibility index (Phi) is 5.93. The number of carboxylic acids is 1. The molecule has 0 aromatic carbocycles. The van der Waals surface area contributed by atoms with E-state index in [9.17, 15) is 9.59 Å². The normalized spacial score (nSPS) is 11.8. The smallest absolute Gasteiger partial charge is 0.303 e. The molecule has 0 aromatic rings. The number of isocyanates is 1. The fraction of sp³-hybridized carbons (Fsp3) is 0.750. The second-order valence-electron chi connectivity index (χ2n) is 2.71. The molecule has 0 amide bonds. The summed E-state index contributed by atoms with van der Waals surface area (Å²) in [6.07, 6.45) is 3.86. The third-order valence-corrected chi connectivity index (χ3v) is 1.54. The average molecular weight is 171 g/mol. The van der Waals surface area contributed by atoms with Gasteiger partial charge < -0.3 is 5.11 Å². The highest BCUT2D eigenvalue weighted by Gasteiger charge is 2.00. The molecule has 0 radical (unpaired) electrons. The molecule has 0 aromatic heterocycles. The molecular formula is C8H13NO3. The molecule has 1 unspecified atom stereocenters. The van der Waals surface area contributed by atoms with Gasteiger partial charge in [0, 0.05) is 6.42 Å². The maximum atomic E-state index is 10.1. The fourth-order valence-electron chi connectivity index (χ4n) is 0.870. The molecule has 0 aliphatic heterocycles. The van der Waals surface area contributed by atoms with Crippen molar-refractivity contribution in [3.63, 3.8) is 0 Å². The Morgan fingerprint density at radius 2 is 2.25 bits per heavy atom. The zero-order chi connectivity index (χ0) is 9.40. The molecule has 1 atom stereocenters. The first-order valence-electron chi connectivity index (χ1n) is 3.95. The lowest BCUT2D eigenvalue weighted by molar-refractivity contribution is -0.137. The largest absolute Gasteiger partial charge is 0.481 e. The first-order valence-corrected chi connectivity index (χ1v) is 3.95. The molecule has 4 nitrogen and oxygen atoms in total. The van der Waals surface area contributed by atoms with Gasteiger partial charge in [-0.1, -0.05) is 6.42 Å². The highest BCUT2D eigenvalue weighted by Crippen LogP contribution is 2.05. The van der Waals surface area contributed by atoms with Crippen molar-refractivity contribution in [3.8, 4) is 0 Å². The molecule has 0 rings (SSSR count). The van der Waals surface area contributed by atoms with Gasteiger partial charge in [0.25, 0.3) is 0 Å².